The molecule has 2 rings (SSSR count). The molecule has 0 heterocycles. The van der Waals surface area contributed by atoms with Gasteiger partial charge in [0.2, 0.25) is 0 Å². The number of ether oxygens (including phenoxy) is 1. The van der Waals surface area contributed by atoms with Crippen molar-refractivity contribution in [3.05, 3.63) is 62.6 Å². The highest BCUT2D eigenvalue weighted by Gasteiger charge is 2.17. The highest BCUT2D eigenvalue weighted by molar-refractivity contribution is 9.10. The minimum absolute atomic E-state index is 0.0495. The van der Waals surface area contributed by atoms with Crippen LogP contribution in [0.4, 0.5) is 0 Å². The molecule has 2 aromatic rings. The average Bonchev–Trinajstić information content (AvgIpc) is 2.45. The van der Waals surface area contributed by atoms with Gasteiger partial charge in [-0.3, -0.25) is 5.84 Å². The number of benzene rings is 2. The monoisotopic (exact) mass is 348 g/mol. The van der Waals surface area contributed by atoms with E-state index in [0.717, 1.165) is 15.8 Å². The minimum Gasteiger partial charge on any atom is -0.496 e. The lowest BCUT2D eigenvalue weighted by atomic mass is 9.92. The van der Waals surface area contributed by atoms with Crippen LogP contribution in [0.2, 0.25) is 0 Å². The number of methoxy groups -OCH3 is 1. The SMILES string of the molecule is COc1ccc(C(NN)c2cc(C)c(C)cc2C)cc1Br. The van der Waals surface area contributed by atoms with Crippen LogP contribution < -0.4 is 16.0 Å². The number of hydrazine groups is 1. The summed E-state index contributed by atoms with van der Waals surface area (Å²) >= 11 is 3.53. The molecule has 0 radical (unpaired) electrons. The Hall–Kier alpha value is -1.36. The van der Waals surface area contributed by atoms with E-state index in [1.165, 1.54) is 22.3 Å². The molecule has 0 amide bonds. The van der Waals surface area contributed by atoms with Crippen LogP contribution in [0.5, 0.6) is 5.75 Å². The molecule has 0 aliphatic rings. The number of nitrogens with one attached hydrogen (secondary N) is 1. The normalized spacial score (nSPS) is 12.3. The maximum Gasteiger partial charge on any atom is 0.133 e. The van der Waals surface area contributed by atoms with Crippen molar-refractivity contribution in [2.75, 3.05) is 7.11 Å². The zero-order valence-corrected chi connectivity index (χ0v) is 14.4. The Kier molecular flexibility index (Phi) is 5.04. The summed E-state index contributed by atoms with van der Waals surface area (Å²) in [7, 11) is 1.66. The summed E-state index contributed by atoms with van der Waals surface area (Å²) < 4.78 is 6.20. The van der Waals surface area contributed by atoms with Crippen LogP contribution in [-0.4, -0.2) is 7.11 Å². The van der Waals surface area contributed by atoms with Crippen LogP contribution in [0.3, 0.4) is 0 Å². The predicted molar refractivity (Wildman–Crippen MR) is 90.5 cm³/mol. The van der Waals surface area contributed by atoms with E-state index in [0.29, 0.717) is 0 Å². The average molecular weight is 349 g/mol. The van der Waals surface area contributed by atoms with Gasteiger partial charge >= 0.3 is 0 Å². The Balaban J connectivity index is 2.49. The molecule has 2 aromatic carbocycles. The van der Waals surface area contributed by atoms with Crippen molar-refractivity contribution in [2.45, 2.75) is 26.8 Å². The first-order valence-electron chi connectivity index (χ1n) is 6.85. The van der Waals surface area contributed by atoms with E-state index in [2.05, 4.69) is 54.3 Å². The summed E-state index contributed by atoms with van der Waals surface area (Å²) in [5.41, 5.74) is 9.00. The lowest BCUT2D eigenvalue weighted by Gasteiger charge is -2.21. The van der Waals surface area contributed by atoms with E-state index in [9.17, 15) is 0 Å². The van der Waals surface area contributed by atoms with Crippen LogP contribution in [0.1, 0.15) is 33.9 Å². The van der Waals surface area contributed by atoms with E-state index in [-0.39, 0.29) is 6.04 Å². The predicted octanol–water partition coefficient (Wildman–Crippen LogP) is 3.94. The first-order chi connectivity index (χ1) is 9.97. The zero-order chi connectivity index (χ0) is 15.6. The van der Waals surface area contributed by atoms with E-state index >= 15 is 0 Å². The molecule has 0 fully saturated rings. The Morgan fingerprint density at radius 2 is 1.71 bits per heavy atom. The summed E-state index contributed by atoms with van der Waals surface area (Å²) in [5.74, 6) is 6.63. The first kappa shape index (κ1) is 16.0. The Bertz CT molecular complexity index is 655. The largest absolute Gasteiger partial charge is 0.496 e. The van der Waals surface area contributed by atoms with Crippen molar-refractivity contribution >= 4 is 15.9 Å². The summed E-state index contributed by atoms with van der Waals surface area (Å²) in [6.07, 6.45) is 0. The molecule has 1 unspecified atom stereocenters. The maximum atomic E-state index is 5.82. The van der Waals surface area contributed by atoms with Gasteiger partial charge in [-0.25, -0.2) is 5.43 Å². The molecule has 0 aliphatic carbocycles. The smallest absolute Gasteiger partial charge is 0.133 e. The van der Waals surface area contributed by atoms with Gasteiger partial charge in [0.05, 0.1) is 17.6 Å². The van der Waals surface area contributed by atoms with Crippen molar-refractivity contribution in [3.63, 3.8) is 0 Å². The fourth-order valence-electron chi connectivity index (χ4n) is 2.52. The summed E-state index contributed by atoms with van der Waals surface area (Å²) in [5, 5.41) is 0. The molecule has 1 atom stereocenters. The number of hydrogen-bond donors (Lipinski definition) is 2. The first-order valence-corrected chi connectivity index (χ1v) is 7.64. The third kappa shape index (κ3) is 3.28. The highest BCUT2D eigenvalue weighted by atomic mass is 79.9. The van der Waals surface area contributed by atoms with Crippen molar-refractivity contribution in [1.29, 1.82) is 0 Å². The fraction of sp³-hybridized carbons (Fsp3) is 0.294. The Morgan fingerprint density at radius 1 is 1.05 bits per heavy atom. The third-order valence-corrected chi connectivity index (χ3v) is 4.49. The summed E-state index contributed by atoms with van der Waals surface area (Å²) in [6.45, 7) is 6.36. The van der Waals surface area contributed by atoms with E-state index in [1.54, 1.807) is 7.11 Å². The van der Waals surface area contributed by atoms with Crippen LogP contribution in [0, 0.1) is 20.8 Å². The van der Waals surface area contributed by atoms with E-state index in [4.69, 9.17) is 10.6 Å². The van der Waals surface area contributed by atoms with Crippen molar-refractivity contribution < 1.29 is 4.74 Å². The topological polar surface area (TPSA) is 47.3 Å². The van der Waals surface area contributed by atoms with Crippen molar-refractivity contribution in [1.82, 2.24) is 5.43 Å². The standard InChI is InChI=1S/C17H21BrN2O/c1-10-7-12(3)14(8-11(10)2)17(20-19)13-5-6-16(21-4)15(18)9-13/h5-9,17,20H,19H2,1-4H3. The maximum absolute atomic E-state index is 5.82. The summed E-state index contributed by atoms with van der Waals surface area (Å²) in [6, 6.07) is 10.4. The van der Waals surface area contributed by atoms with Gasteiger partial charge in [0, 0.05) is 0 Å². The van der Waals surface area contributed by atoms with Gasteiger partial charge in [0.15, 0.2) is 0 Å². The molecule has 0 bridgehead atoms. The molecular weight excluding hydrogens is 328 g/mol. The molecule has 0 saturated heterocycles. The lowest BCUT2D eigenvalue weighted by molar-refractivity contribution is 0.411. The molecule has 0 saturated carbocycles. The van der Waals surface area contributed by atoms with Gasteiger partial charge < -0.3 is 4.74 Å². The number of nitrogens with two attached hydrogens (primary N) is 1. The number of hydrogen-bond acceptors (Lipinski definition) is 3. The van der Waals surface area contributed by atoms with Gasteiger partial charge in [-0.05, 0) is 76.7 Å². The number of halogens is 1. The molecule has 112 valence electrons. The third-order valence-electron chi connectivity index (χ3n) is 3.87. The van der Waals surface area contributed by atoms with Crippen LogP contribution in [-0.2, 0) is 0 Å². The van der Waals surface area contributed by atoms with Crippen LogP contribution in [0.25, 0.3) is 0 Å². The Morgan fingerprint density at radius 3 is 2.29 bits per heavy atom. The van der Waals surface area contributed by atoms with Gasteiger partial charge in [0.1, 0.15) is 5.75 Å². The van der Waals surface area contributed by atoms with Gasteiger partial charge in [-0.15, -0.1) is 0 Å². The quantitative estimate of drug-likeness (QED) is 0.649. The minimum atomic E-state index is -0.0495. The number of aryl methyl sites for hydroxylation is 3. The van der Waals surface area contributed by atoms with Crippen molar-refractivity contribution in [3.8, 4) is 5.75 Å². The number of rotatable bonds is 4. The molecule has 3 N–H and O–H groups in total. The van der Waals surface area contributed by atoms with Crippen LogP contribution in [0.15, 0.2) is 34.8 Å². The highest BCUT2D eigenvalue weighted by Crippen LogP contribution is 2.32. The molecule has 0 aromatic heterocycles. The lowest BCUT2D eigenvalue weighted by Crippen LogP contribution is -2.29. The second-order valence-corrected chi connectivity index (χ2v) is 6.14. The fourth-order valence-corrected chi connectivity index (χ4v) is 3.08. The van der Waals surface area contributed by atoms with Crippen LogP contribution >= 0.6 is 15.9 Å². The summed E-state index contributed by atoms with van der Waals surface area (Å²) in [4.78, 5) is 0. The van der Waals surface area contributed by atoms with Gasteiger partial charge in [-0.1, -0.05) is 18.2 Å². The molecule has 0 spiro atoms. The van der Waals surface area contributed by atoms with E-state index in [1.807, 2.05) is 18.2 Å². The van der Waals surface area contributed by atoms with E-state index < -0.39 is 0 Å². The second-order valence-electron chi connectivity index (χ2n) is 5.29. The van der Waals surface area contributed by atoms with Gasteiger partial charge in [0.25, 0.3) is 0 Å². The Labute approximate surface area is 134 Å². The second kappa shape index (κ2) is 6.60. The molecule has 3 nitrogen and oxygen atoms in total. The van der Waals surface area contributed by atoms with Gasteiger partial charge in [-0.2, -0.15) is 0 Å². The molecule has 21 heavy (non-hydrogen) atoms. The molecular formula is C17H21BrN2O. The zero-order valence-electron chi connectivity index (χ0n) is 12.8. The van der Waals surface area contributed by atoms with Crippen molar-refractivity contribution in [2.24, 2.45) is 5.84 Å². The molecule has 4 heteroatoms. The molecule has 0 aliphatic heterocycles.